The van der Waals surface area contributed by atoms with Gasteiger partial charge in [0.1, 0.15) is 0 Å². The molecule has 0 nitrogen and oxygen atoms in total. The molecule has 1 aliphatic carbocycles. The number of allylic oxidation sites excluding steroid dienone is 2. The van der Waals surface area contributed by atoms with Crippen molar-refractivity contribution in [3.8, 4) is 0 Å². The van der Waals surface area contributed by atoms with E-state index in [0.29, 0.717) is 0 Å². The molecule has 1 rings (SSSR count). The maximum Gasteiger partial charge on any atom is -0.00273 e. The Labute approximate surface area is 77.1 Å². The molecule has 0 unspecified atom stereocenters. The fraction of sp³-hybridized carbons (Fsp3) is 0.750. The van der Waals surface area contributed by atoms with E-state index >= 15 is 0 Å². The van der Waals surface area contributed by atoms with Crippen molar-refractivity contribution in [2.45, 2.75) is 58.3 Å². The molecule has 12 heavy (non-hydrogen) atoms. The zero-order valence-electron chi connectivity index (χ0n) is 8.31. The van der Waals surface area contributed by atoms with Crippen LogP contribution in [-0.2, 0) is 0 Å². The van der Waals surface area contributed by atoms with Crippen molar-refractivity contribution >= 4 is 0 Å². The average molecular weight is 165 g/mol. The van der Waals surface area contributed by atoms with Crippen LogP contribution < -0.4 is 0 Å². The number of unbranched alkanes of at least 4 members (excludes halogenated alkanes) is 2. The maximum atomic E-state index is 2.38. The molecular formula is C12H21. The van der Waals surface area contributed by atoms with Crippen LogP contribution in [0, 0.1) is 5.92 Å². The normalized spacial score (nSPS) is 20.4. The molecule has 0 bridgehead atoms. The van der Waals surface area contributed by atoms with Crippen LogP contribution in [0.4, 0.5) is 0 Å². The molecular weight excluding hydrogens is 144 g/mol. The highest BCUT2D eigenvalue weighted by Crippen LogP contribution is 2.26. The maximum absolute atomic E-state index is 2.38. The smallest absolute Gasteiger partial charge is 0.00273 e. The first-order valence-corrected chi connectivity index (χ1v) is 5.44. The van der Waals surface area contributed by atoms with Gasteiger partial charge < -0.3 is 0 Å². The second-order valence-electron chi connectivity index (χ2n) is 3.76. The summed E-state index contributed by atoms with van der Waals surface area (Å²) >= 11 is 0. The first-order chi connectivity index (χ1) is 5.93. The van der Waals surface area contributed by atoms with E-state index in [1.807, 2.05) is 0 Å². The van der Waals surface area contributed by atoms with Gasteiger partial charge in [0.15, 0.2) is 0 Å². The van der Waals surface area contributed by atoms with Gasteiger partial charge in [-0.15, -0.1) is 0 Å². The lowest BCUT2D eigenvalue weighted by atomic mass is 9.89. The van der Waals surface area contributed by atoms with E-state index in [1.165, 1.54) is 51.4 Å². The average Bonchev–Trinajstić information content (AvgIpc) is 2.14. The predicted octanol–water partition coefficient (Wildman–Crippen LogP) is 4.27. The molecule has 0 spiro atoms. The van der Waals surface area contributed by atoms with Crippen molar-refractivity contribution in [3.63, 3.8) is 0 Å². The zero-order chi connectivity index (χ0) is 8.65. The first-order valence-electron chi connectivity index (χ1n) is 5.44. The monoisotopic (exact) mass is 165 g/mol. The molecule has 0 aromatic carbocycles. The van der Waals surface area contributed by atoms with E-state index in [9.17, 15) is 0 Å². The minimum absolute atomic E-state index is 1.28. The molecule has 0 heterocycles. The summed E-state index contributed by atoms with van der Waals surface area (Å²) in [6.45, 7) is 2.25. The van der Waals surface area contributed by atoms with Gasteiger partial charge in [-0.2, -0.15) is 0 Å². The predicted molar refractivity (Wildman–Crippen MR) is 55.0 cm³/mol. The summed E-state index contributed by atoms with van der Waals surface area (Å²) in [6.07, 6.45) is 15.7. The van der Waals surface area contributed by atoms with Crippen LogP contribution in [0.1, 0.15) is 58.3 Å². The Bertz CT molecular complexity index is 118. The van der Waals surface area contributed by atoms with Gasteiger partial charge in [-0.3, -0.25) is 0 Å². The van der Waals surface area contributed by atoms with E-state index in [0.717, 1.165) is 0 Å². The Morgan fingerprint density at radius 1 is 1.17 bits per heavy atom. The molecule has 0 aromatic heterocycles. The Hall–Kier alpha value is -0.260. The van der Waals surface area contributed by atoms with Gasteiger partial charge in [0, 0.05) is 0 Å². The van der Waals surface area contributed by atoms with E-state index in [1.54, 1.807) is 5.92 Å². The van der Waals surface area contributed by atoms with Crippen LogP contribution >= 0.6 is 0 Å². The fourth-order valence-corrected chi connectivity index (χ4v) is 1.74. The zero-order valence-corrected chi connectivity index (χ0v) is 8.31. The van der Waals surface area contributed by atoms with Gasteiger partial charge in [0.25, 0.3) is 0 Å². The molecule has 1 radical (unpaired) electrons. The van der Waals surface area contributed by atoms with Gasteiger partial charge in [0.05, 0.1) is 0 Å². The summed E-state index contributed by atoms with van der Waals surface area (Å²) in [5.74, 6) is 1.69. The summed E-state index contributed by atoms with van der Waals surface area (Å²) in [4.78, 5) is 0. The highest BCUT2D eigenvalue weighted by molar-refractivity contribution is 5.10. The van der Waals surface area contributed by atoms with Crippen LogP contribution in [0.5, 0.6) is 0 Å². The van der Waals surface area contributed by atoms with Gasteiger partial charge in [-0.1, -0.05) is 51.2 Å². The Kier molecular flexibility index (Phi) is 5.14. The summed E-state index contributed by atoms with van der Waals surface area (Å²) in [7, 11) is 0. The molecule has 1 aliphatic rings. The lowest BCUT2D eigenvalue weighted by Crippen LogP contribution is -1.99. The SMILES string of the molecule is CCCCC=C[C]1CCCCC1. The molecule has 69 valence electrons. The Morgan fingerprint density at radius 3 is 2.58 bits per heavy atom. The first kappa shape index (κ1) is 9.83. The highest BCUT2D eigenvalue weighted by Gasteiger charge is 2.09. The number of rotatable bonds is 4. The van der Waals surface area contributed by atoms with E-state index in [2.05, 4.69) is 19.1 Å². The van der Waals surface area contributed by atoms with Crippen LogP contribution in [0.25, 0.3) is 0 Å². The Balaban J connectivity index is 2.07. The van der Waals surface area contributed by atoms with Crippen LogP contribution in [-0.4, -0.2) is 0 Å². The molecule has 0 atom stereocenters. The lowest BCUT2D eigenvalue weighted by Gasteiger charge is -2.16. The number of hydrogen-bond donors (Lipinski definition) is 0. The van der Waals surface area contributed by atoms with Crippen molar-refractivity contribution in [2.24, 2.45) is 0 Å². The minimum Gasteiger partial charge on any atom is -0.0879 e. The quantitative estimate of drug-likeness (QED) is 0.546. The molecule has 0 amide bonds. The summed E-state index contributed by atoms with van der Waals surface area (Å²) in [6, 6.07) is 0. The molecule has 0 aromatic rings. The molecule has 0 aliphatic heterocycles. The highest BCUT2D eigenvalue weighted by atomic mass is 14.1. The van der Waals surface area contributed by atoms with Crippen molar-refractivity contribution in [1.82, 2.24) is 0 Å². The van der Waals surface area contributed by atoms with E-state index in [4.69, 9.17) is 0 Å². The molecule has 1 fully saturated rings. The van der Waals surface area contributed by atoms with Crippen LogP contribution in [0.3, 0.4) is 0 Å². The summed E-state index contributed by atoms with van der Waals surface area (Å²) < 4.78 is 0. The van der Waals surface area contributed by atoms with Gasteiger partial charge in [-0.05, 0) is 25.2 Å². The molecule has 0 N–H and O–H groups in total. The van der Waals surface area contributed by atoms with Crippen molar-refractivity contribution in [2.75, 3.05) is 0 Å². The third-order valence-electron chi connectivity index (χ3n) is 2.57. The van der Waals surface area contributed by atoms with Crippen molar-refractivity contribution in [3.05, 3.63) is 18.1 Å². The van der Waals surface area contributed by atoms with Gasteiger partial charge in [0.2, 0.25) is 0 Å². The largest absolute Gasteiger partial charge is 0.0879 e. The van der Waals surface area contributed by atoms with E-state index in [-0.39, 0.29) is 0 Å². The molecule has 0 saturated heterocycles. The van der Waals surface area contributed by atoms with Crippen molar-refractivity contribution in [1.29, 1.82) is 0 Å². The third kappa shape index (κ3) is 3.94. The summed E-state index contributed by atoms with van der Waals surface area (Å²) in [5.41, 5.74) is 0. The fourth-order valence-electron chi connectivity index (χ4n) is 1.74. The molecule has 0 heteroatoms. The summed E-state index contributed by atoms with van der Waals surface area (Å²) in [5, 5.41) is 0. The topological polar surface area (TPSA) is 0 Å². The van der Waals surface area contributed by atoms with Gasteiger partial charge >= 0.3 is 0 Å². The number of hydrogen-bond acceptors (Lipinski definition) is 0. The Morgan fingerprint density at radius 2 is 1.92 bits per heavy atom. The van der Waals surface area contributed by atoms with Crippen molar-refractivity contribution < 1.29 is 0 Å². The second-order valence-corrected chi connectivity index (χ2v) is 3.76. The standard InChI is InChI=1S/C12H21/c1-2-3-4-6-9-12-10-7-5-8-11-12/h6,9H,2-5,7-8,10-11H2,1H3. The second kappa shape index (κ2) is 6.28. The molecule has 1 saturated carbocycles. The third-order valence-corrected chi connectivity index (χ3v) is 2.57. The van der Waals surface area contributed by atoms with Crippen LogP contribution in [0.2, 0.25) is 0 Å². The minimum atomic E-state index is 1.28. The van der Waals surface area contributed by atoms with Gasteiger partial charge in [-0.25, -0.2) is 0 Å². The van der Waals surface area contributed by atoms with E-state index < -0.39 is 0 Å². The van der Waals surface area contributed by atoms with Crippen LogP contribution in [0.15, 0.2) is 12.2 Å². The lowest BCUT2D eigenvalue weighted by molar-refractivity contribution is 0.556.